The number of rotatable bonds is 6. The van der Waals surface area contributed by atoms with Crippen molar-refractivity contribution in [1.29, 1.82) is 0 Å². The molecule has 0 saturated carbocycles. The standard InChI is InChI=1S/C14H22ClN/c1-4-16-11-14(2,3)10-9-12-5-7-13(15)8-6-12/h5-8,16H,4,9-11H2,1-3H3. The van der Waals surface area contributed by atoms with Gasteiger partial charge in [-0.15, -0.1) is 0 Å². The van der Waals surface area contributed by atoms with Gasteiger partial charge in [0, 0.05) is 11.6 Å². The van der Waals surface area contributed by atoms with Gasteiger partial charge < -0.3 is 5.32 Å². The lowest BCUT2D eigenvalue weighted by molar-refractivity contribution is 0.318. The molecule has 90 valence electrons. The van der Waals surface area contributed by atoms with E-state index in [1.165, 1.54) is 12.0 Å². The molecule has 0 aromatic heterocycles. The van der Waals surface area contributed by atoms with Crippen LogP contribution in [0.2, 0.25) is 5.02 Å². The van der Waals surface area contributed by atoms with E-state index in [-0.39, 0.29) is 0 Å². The molecule has 0 aliphatic carbocycles. The van der Waals surface area contributed by atoms with Gasteiger partial charge in [0.15, 0.2) is 0 Å². The second-order valence-electron chi connectivity index (χ2n) is 5.07. The van der Waals surface area contributed by atoms with Gasteiger partial charge in [0.25, 0.3) is 0 Å². The zero-order chi connectivity index (χ0) is 12.0. The highest BCUT2D eigenvalue weighted by Crippen LogP contribution is 2.22. The van der Waals surface area contributed by atoms with Crippen molar-refractivity contribution in [2.45, 2.75) is 33.6 Å². The highest BCUT2D eigenvalue weighted by Gasteiger charge is 2.16. The summed E-state index contributed by atoms with van der Waals surface area (Å²) in [5, 5.41) is 4.23. The summed E-state index contributed by atoms with van der Waals surface area (Å²) < 4.78 is 0. The van der Waals surface area contributed by atoms with Crippen molar-refractivity contribution in [3.8, 4) is 0 Å². The quantitative estimate of drug-likeness (QED) is 0.794. The second kappa shape index (κ2) is 6.27. The Bertz CT molecular complexity index is 303. The molecule has 0 aliphatic rings. The van der Waals surface area contributed by atoms with Gasteiger partial charge in [0.2, 0.25) is 0 Å². The molecule has 1 N–H and O–H groups in total. The molecule has 0 spiro atoms. The van der Waals surface area contributed by atoms with Gasteiger partial charge in [-0.05, 0) is 42.5 Å². The van der Waals surface area contributed by atoms with Crippen LogP contribution in [0.4, 0.5) is 0 Å². The lowest BCUT2D eigenvalue weighted by atomic mass is 9.86. The molecule has 0 unspecified atom stereocenters. The maximum absolute atomic E-state index is 5.86. The first-order valence-electron chi connectivity index (χ1n) is 5.99. The smallest absolute Gasteiger partial charge is 0.0406 e. The van der Waals surface area contributed by atoms with Crippen LogP contribution in [0.15, 0.2) is 24.3 Å². The highest BCUT2D eigenvalue weighted by molar-refractivity contribution is 6.30. The topological polar surface area (TPSA) is 12.0 Å². The van der Waals surface area contributed by atoms with Crippen molar-refractivity contribution in [3.63, 3.8) is 0 Å². The SMILES string of the molecule is CCNCC(C)(C)CCc1ccc(Cl)cc1. The van der Waals surface area contributed by atoms with E-state index in [0.29, 0.717) is 5.41 Å². The fourth-order valence-corrected chi connectivity index (χ4v) is 1.81. The van der Waals surface area contributed by atoms with Crippen LogP contribution in [0.5, 0.6) is 0 Å². The molecule has 0 radical (unpaired) electrons. The number of aryl methyl sites for hydroxylation is 1. The number of halogens is 1. The van der Waals surface area contributed by atoms with Crippen molar-refractivity contribution in [2.24, 2.45) is 5.41 Å². The summed E-state index contributed by atoms with van der Waals surface area (Å²) in [5.41, 5.74) is 1.73. The molecule has 0 amide bonds. The maximum Gasteiger partial charge on any atom is 0.0406 e. The van der Waals surface area contributed by atoms with E-state index in [1.807, 2.05) is 12.1 Å². The molecule has 1 rings (SSSR count). The van der Waals surface area contributed by atoms with Gasteiger partial charge in [-0.2, -0.15) is 0 Å². The molecular weight excluding hydrogens is 218 g/mol. The van der Waals surface area contributed by atoms with Crippen LogP contribution in [-0.2, 0) is 6.42 Å². The lowest BCUT2D eigenvalue weighted by Gasteiger charge is -2.24. The minimum atomic E-state index is 0.357. The first-order chi connectivity index (χ1) is 7.53. The van der Waals surface area contributed by atoms with Gasteiger partial charge in [-0.3, -0.25) is 0 Å². The van der Waals surface area contributed by atoms with E-state index in [4.69, 9.17) is 11.6 Å². The van der Waals surface area contributed by atoms with Gasteiger partial charge in [-0.1, -0.05) is 44.5 Å². The van der Waals surface area contributed by atoms with Crippen molar-refractivity contribution >= 4 is 11.6 Å². The summed E-state index contributed by atoms with van der Waals surface area (Å²) in [6.07, 6.45) is 2.32. The zero-order valence-corrected chi connectivity index (χ0v) is 11.3. The van der Waals surface area contributed by atoms with Gasteiger partial charge in [-0.25, -0.2) is 0 Å². The number of nitrogens with one attached hydrogen (secondary N) is 1. The van der Waals surface area contributed by atoms with Crippen molar-refractivity contribution < 1.29 is 0 Å². The largest absolute Gasteiger partial charge is 0.316 e. The fourth-order valence-electron chi connectivity index (χ4n) is 1.69. The summed E-state index contributed by atoms with van der Waals surface area (Å²) >= 11 is 5.86. The molecule has 1 aromatic carbocycles. The summed E-state index contributed by atoms with van der Waals surface area (Å²) in [6.45, 7) is 8.90. The number of benzene rings is 1. The molecule has 0 fully saturated rings. The minimum absolute atomic E-state index is 0.357. The first-order valence-corrected chi connectivity index (χ1v) is 6.36. The average Bonchev–Trinajstić information content (AvgIpc) is 2.26. The van der Waals surface area contributed by atoms with Crippen LogP contribution in [0, 0.1) is 5.41 Å². The van der Waals surface area contributed by atoms with Crippen LogP contribution < -0.4 is 5.32 Å². The number of hydrogen-bond acceptors (Lipinski definition) is 1. The van der Waals surface area contributed by atoms with Crippen molar-refractivity contribution in [3.05, 3.63) is 34.9 Å². The Morgan fingerprint density at radius 2 is 1.81 bits per heavy atom. The predicted octanol–water partition coefficient (Wildman–Crippen LogP) is 3.91. The summed E-state index contributed by atoms with van der Waals surface area (Å²) in [5.74, 6) is 0. The van der Waals surface area contributed by atoms with Gasteiger partial charge >= 0.3 is 0 Å². The third-order valence-corrected chi connectivity index (χ3v) is 3.11. The molecule has 16 heavy (non-hydrogen) atoms. The Balaban J connectivity index is 2.41. The van der Waals surface area contributed by atoms with E-state index in [1.54, 1.807) is 0 Å². The van der Waals surface area contributed by atoms with Crippen molar-refractivity contribution in [1.82, 2.24) is 5.32 Å². The van der Waals surface area contributed by atoms with E-state index in [2.05, 4.69) is 38.2 Å². The third kappa shape index (κ3) is 5.00. The zero-order valence-electron chi connectivity index (χ0n) is 10.5. The molecule has 0 bridgehead atoms. The van der Waals surface area contributed by atoms with Crippen LogP contribution in [0.1, 0.15) is 32.8 Å². The Morgan fingerprint density at radius 1 is 1.19 bits per heavy atom. The lowest BCUT2D eigenvalue weighted by Crippen LogP contribution is -2.29. The maximum atomic E-state index is 5.86. The van der Waals surface area contributed by atoms with E-state index < -0.39 is 0 Å². The number of hydrogen-bond donors (Lipinski definition) is 1. The van der Waals surface area contributed by atoms with Gasteiger partial charge in [0.1, 0.15) is 0 Å². The molecule has 1 nitrogen and oxygen atoms in total. The van der Waals surface area contributed by atoms with E-state index in [0.717, 1.165) is 24.5 Å². The molecule has 0 heterocycles. The van der Waals surface area contributed by atoms with E-state index in [9.17, 15) is 0 Å². The Labute approximate surface area is 104 Å². The molecule has 0 aliphatic heterocycles. The van der Waals surface area contributed by atoms with Crippen LogP contribution in [0.3, 0.4) is 0 Å². The highest BCUT2D eigenvalue weighted by atomic mass is 35.5. The minimum Gasteiger partial charge on any atom is -0.316 e. The second-order valence-corrected chi connectivity index (χ2v) is 5.51. The van der Waals surface area contributed by atoms with E-state index >= 15 is 0 Å². The normalized spacial score (nSPS) is 11.8. The molecular formula is C14H22ClN. The Kier molecular flexibility index (Phi) is 5.30. The van der Waals surface area contributed by atoms with Crippen LogP contribution in [0.25, 0.3) is 0 Å². The fraction of sp³-hybridized carbons (Fsp3) is 0.571. The van der Waals surface area contributed by atoms with Crippen LogP contribution in [-0.4, -0.2) is 13.1 Å². The van der Waals surface area contributed by atoms with Crippen LogP contribution >= 0.6 is 11.6 Å². The molecule has 0 atom stereocenters. The molecule has 2 heteroatoms. The predicted molar refractivity (Wildman–Crippen MR) is 72.1 cm³/mol. The average molecular weight is 240 g/mol. The summed E-state index contributed by atoms with van der Waals surface area (Å²) in [7, 11) is 0. The van der Waals surface area contributed by atoms with Gasteiger partial charge in [0.05, 0.1) is 0 Å². The molecule has 0 saturated heterocycles. The summed E-state index contributed by atoms with van der Waals surface area (Å²) in [4.78, 5) is 0. The van der Waals surface area contributed by atoms with Crippen molar-refractivity contribution in [2.75, 3.05) is 13.1 Å². The Morgan fingerprint density at radius 3 is 2.38 bits per heavy atom. The first kappa shape index (κ1) is 13.5. The monoisotopic (exact) mass is 239 g/mol. The summed E-state index contributed by atoms with van der Waals surface area (Å²) in [6, 6.07) is 8.17. The Hall–Kier alpha value is -0.530. The third-order valence-electron chi connectivity index (χ3n) is 2.86. The molecule has 1 aromatic rings.